The number of nitrogens with one attached hydrogen (secondary N) is 1. The summed E-state index contributed by atoms with van der Waals surface area (Å²) in [7, 11) is -0.779. The number of anilines is 1. The van der Waals surface area contributed by atoms with Gasteiger partial charge in [-0.25, -0.2) is 8.42 Å². The lowest BCUT2D eigenvalue weighted by Gasteiger charge is -2.24. The van der Waals surface area contributed by atoms with Crippen LogP contribution in [0.5, 0.6) is 11.5 Å². The van der Waals surface area contributed by atoms with Gasteiger partial charge in [-0.05, 0) is 29.9 Å². The largest absolute Gasteiger partial charge is 0.497 e. The Labute approximate surface area is 182 Å². The van der Waals surface area contributed by atoms with Gasteiger partial charge in [0.1, 0.15) is 18.0 Å². The lowest BCUT2D eigenvalue weighted by molar-refractivity contribution is -0.119. The van der Waals surface area contributed by atoms with Gasteiger partial charge in [0.2, 0.25) is 15.9 Å². The summed E-state index contributed by atoms with van der Waals surface area (Å²) in [5.41, 5.74) is 1.52. The third-order valence-corrected chi connectivity index (χ3v) is 6.48. The second-order valence-electron chi connectivity index (χ2n) is 6.55. The third-order valence-electron chi connectivity index (χ3n) is 4.24. The Morgan fingerprint density at radius 2 is 1.83 bits per heavy atom. The van der Waals surface area contributed by atoms with Crippen LogP contribution < -0.4 is 19.1 Å². The molecule has 164 valence electrons. The van der Waals surface area contributed by atoms with E-state index in [2.05, 4.69) is 17.4 Å². The minimum absolute atomic E-state index is 0.257. The number of carbonyl (C=O) groups excluding carboxylic acids is 1. The Kier molecular flexibility index (Phi) is 9.32. The molecule has 0 atom stereocenters. The minimum atomic E-state index is -3.71. The highest BCUT2D eigenvalue weighted by Crippen LogP contribution is 2.33. The van der Waals surface area contributed by atoms with Gasteiger partial charge in [0.05, 0.1) is 26.2 Å². The highest BCUT2D eigenvalue weighted by atomic mass is 32.2. The predicted molar refractivity (Wildman–Crippen MR) is 122 cm³/mol. The van der Waals surface area contributed by atoms with Crippen LogP contribution in [0.15, 0.2) is 48.5 Å². The summed E-state index contributed by atoms with van der Waals surface area (Å²) in [5.74, 6) is 2.25. The summed E-state index contributed by atoms with van der Waals surface area (Å²) in [6.45, 7) is 0.146. The van der Waals surface area contributed by atoms with Gasteiger partial charge in [-0.2, -0.15) is 11.8 Å². The van der Waals surface area contributed by atoms with E-state index in [-0.39, 0.29) is 18.1 Å². The van der Waals surface area contributed by atoms with E-state index in [0.717, 1.165) is 28.5 Å². The van der Waals surface area contributed by atoms with Crippen LogP contribution in [0.1, 0.15) is 12.0 Å². The van der Waals surface area contributed by atoms with Crippen LogP contribution in [-0.4, -0.2) is 53.6 Å². The quantitative estimate of drug-likeness (QED) is 0.499. The molecule has 2 aromatic rings. The van der Waals surface area contributed by atoms with Crippen molar-refractivity contribution in [3.8, 4) is 11.5 Å². The fraction of sp³-hybridized carbons (Fsp3) is 0.381. The van der Waals surface area contributed by atoms with Crippen molar-refractivity contribution in [3.63, 3.8) is 0 Å². The van der Waals surface area contributed by atoms with Crippen molar-refractivity contribution in [3.05, 3.63) is 54.1 Å². The maximum Gasteiger partial charge on any atom is 0.240 e. The molecule has 2 rings (SSSR count). The molecule has 0 aliphatic carbocycles. The molecule has 0 saturated carbocycles. The lowest BCUT2D eigenvalue weighted by Crippen LogP contribution is -2.40. The second kappa shape index (κ2) is 11.7. The van der Waals surface area contributed by atoms with E-state index in [1.807, 2.05) is 18.2 Å². The minimum Gasteiger partial charge on any atom is -0.497 e. The molecule has 0 unspecified atom stereocenters. The molecule has 0 aromatic heterocycles. The topological polar surface area (TPSA) is 84.9 Å². The van der Waals surface area contributed by atoms with E-state index in [1.165, 1.54) is 25.8 Å². The maximum atomic E-state index is 12.4. The molecular weight excluding hydrogens is 424 g/mol. The first kappa shape index (κ1) is 23.9. The number of nitrogens with zero attached hydrogens (tertiary/aromatic N) is 1. The van der Waals surface area contributed by atoms with E-state index in [0.29, 0.717) is 18.0 Å². The molecular formula is C21H28N2O5S2. The van der Waals surface area contributed by atoms with Gasteiger partial charge in [0, 0.05) is 18.4 Å². The summed E-state index contributed by atoms with van der Waals surface area (Å²) < 4.78 is 36.1. The van der Waals surface area contributed by atoms with E-state index >= 15 is 0 Å². The number of rotatable bonds is 12. The van der Waals surface area contributed by atoms with Crippen LogP contribution in [0.2, 0.25) is 0 Å². The summed E-state index contributed by atoms with van der Waals surface area (Å²) in [6.07, 6.45) is 1.85. The van der Waals surface area contributed by atoms with Crippen molar-refractivity contribution >= 4 is 33.4 Å². The van der Waals surface area contributed by atoms with Crippen molar-refractivity contribution in [1.82, 2.24) is 5.32 Å². The number of carbonyl (C=O) groups is 1. The summed E-state index contributed by atoms with van der Waals surface area (Å²) in [4.78, 5) is 12.4. The molecule has 1 amide bonds. The highest BCUT2D eigenvalue weighted by Gasteiger charge is 2.24. The van der Waals surface area contributed by atoms with Gasteiger partial charge in [0.25, 0.3) is 0 Å². The Balaban J connectivity index is 1.89. The van der Waals surface area contributed by atoms with Gasteiger partial charge in [-0.15, -0.1) is 0 Å². The van der Waals surface area contributed by atoms with Gasteiger partial charge >= 0.3 is 0 Å². The molecule has 0 fully saturated rings. The Morgan fingerprint density at radius 1 is 1.10 bits per heavy atom. The van der Waals surface area contributed by atoms with Gasteiger partial charge < -0.3 is 14.8 Å². The number of ether oxygens (including phenoxy) is 2. The average molecular weight is 453 g/mol. The molecule has 0 aliphatic rings. The second-order valence-corrected chi connectivity index (χ2v) is 9.56. The smallest absolute Gasteiger partial charge is 0.240 e. The molecule has 9 heteroatoms. The monoisotopic (exact) mass is 452 g/mol. The summed E-state index contributed by atoms with van der Waals surface area (Å²) in [5, 5.41) is 2.79. The van der Waals surface area contributed by atoms with Crippen molar-refractivity contribution in [1.29, 1.82) is 0 Å². The first-order valence-electron chi connectivity index (χ1n) is 9.43. The van der Waals surface area contributed by atoms with Crippen LogP contribution >= 0.6 is 11.8 Å². The fourth-order valence-electron chi connectivity index (χ4n) is 2.73. The van der Waals surface area contributed by atoms with Crippen molar-refractivity contribution in [2.45, 2.75) is 12.2 Å². The molecule has 2 aromatic carbocycles. The molecule has 0 aliphatic heterocycles. The molecule has 0 heterocycles. The third kappa shape index (κ3) is 7.46. The molecule has 0 spiro atoms. The standard InChI is InChI=1S/C21H28N2O5S2/c1-27-18-10-11-20(28-2)19(14-18)23(30(3,25)26)15-21(24)22-12-7-13-29-16-17-8-5-4-6-9-17/h4-6,8-11,14H,7,12-13,15-16H2,1-3H3,(H,22,24). The van der Waals surface area contributed by atoms with Crippen molar-refractivity contribution in [2.75, 3.05) is 43.6 Å². The number of methoxy groups -OCH3 is 2. The van der Waals surface area contributed by atoms with Crippen LogP contribution in [0.4, 0.5) is 5.69 Å². The molecule has 0 radical (unpaired) electrons. The molecule has 0 saturated heterocycles. The van der Waals surface area contributed by atoms with Crippen LogP contribution in [-0.2, 0) is 20.6 Å². The number of hydrogen-bond donors (Lipinski definition) is 1. The Hall–Kier alpha value is -2.39. The summed E-state index contributed by atoms with van der Waals surface area (Å²) in [6, 6.07) is 15.0. The number of benzene rings is 2. The Morgan fingerprint density at radius 3 is 2.47 bits per heavy atom. The van der Waals surface area contributed by atoms with E-state index in [4.69, 9.17) is 9.47 Å². The molecule has 1 N–H and O–H groups in total. The zero-order valence-corrected chi connectivity index (χ0v) is 19.1. The number of hydrogen-bond acceptors (Lipinski definition) is 6. The lowest BCUT2D eigenvalue weighted by atomic mass is 10.2. The van der Waals surface area contributed by atoms with Crippen LogP contribution in [0.3, 0.4) is 0 Å². The van der Waals surface area contributed by atoms with Gasteiger partial charge in [-0.3, -0.25) is 9.10 Å². The highest BCUT2D eigenvalue weighted by molar-refractivity contribution is 7.98. The molecule has 30 heavy (non-hydrogen) atoms. The van der Waals surface area contributed by atoms with E-state index in [1.54, 1.807) is 23.9 Å². The molecule has 7 nitrogen and oxygen atoms in total. The number of amides is 1. The number of thioether (sulfide) groups is 1. The normalized spacial score (nSPS) is 11.0. The first-order chi connectivity index (χ1) is 14.3. The maximum absolute atomic E-state index is 12.4. The van der Waals surface area contributed by atoms with Crippen molar-refractivity contribution in [2.24, 2.45) is 0 Å². The van der Waals surface area contributed by atoms with E-state index in [9.17, 15) is 13.2 Å². The molecule has 0 bridgehead atoms. The van der Waals surface area contributed by atoms with Gasteiger partial charge in [0.15, 0.2) is 0 Å². The van der Waals surface area contributed by atoms with Gasteiger partial charge in [-0.1, -0.05) is 30.3 Å². The number of sulfonamides is 1. The zero-order chi connectivity index (χ0) is 22.0. The fourth-order valence-corrected chi connectivity index (χ4v) is 4.50. The summed E-state index contributed by atoms with van der Waals surface area (Å²) >= 11 is 1.79. The van der Waals surface area contributed by atoms with Crippen LogP contribution in [0.25, 0.3) is 0 Å². The van der Waals surface area contributed by atoms with Crippen LogP contribution in [0, 0.1) is 0 Å². The predicted octanol–water partition coefficient (Wildman–Crippen LogP) is 2.91. The van der Waals surface area contributed by atoms with Crippen molar-refractivity contribution < 1.29 is 22.7 Å². The first-order valence-corrected chi connectivity index (χ1v) is 12.4. The average Bonchev–Trinajstić information content (AvgIpc) is 2.74. The zero-order valence-electron chi connectivity index (χ0n) is 17.5. The SMILES string of the molecule is COc1ccc(OC)c(N(CC(=O)NCCCSCc2ccccc2)S(C)(=O)=O)c1. The Bertz CT molecular complexity index is 920. The van der Waals surface area contributed by atoms with E-state index < -0.39 is 10.0 Å².